The lowest BCUT2D eigenvalue weighted by molar-refractivity contribution is 0.595. The molecule has 0 radical (unpaired) electrons. The molecule has 2 aromatic rings. The standard InChI is InChI=1S/C13H14N2O2S2/c1-8(2)15-10-5-3-4-6-11(10)19(16,17)13-12(15)9(14)7-18-13/h3-8H,14H2,1-2H3. The van der Waals surface area contributed by atoms with Crippen molar-refractivity contribution in [3.8, 4) is 0 Å². The van der Waals surface area contributed by atoms with E-state index in [1.54, 1.807) is 17.5 Å². The summed E-state index contributed by atoms with van der Waals surface area (Å²) in [5.74, 6) is 0. The summed E-state index contributed by atoms with van der Waals surface area (Å²) >= 11 is 1.19. The molecule has 1 aromatic carbocycles. The van der Waals surface area contributed by atoms with Crippen LogP contribution < -0.4 is 10.6 Å². The predicted molar refractivity (Wildman–Crippen MR) is 77.9 cm³/mol. The van der Waals surface area contributed by atoms with Gasteiger partial charge in [0.2, 0.25) is 9.84 Å². The van der Waals surface area contributed by atoms with E-state index in [9.17, 15) is 8.42 Å². The van der Waals surface area contributed by atoms with E-state index in [0.29, 0.717) is 26.2 Å². The van der Waals surface area contributed by atoms with Crippen LogP contribution in [0, 0.1) is 0 Å². The van der Waals surface area contributed by atoms with E-state index in [2.05, 4.69) is 0 Å². The number of thiophene rings is 1. The van der Waals surface area contributed by atoms with Crippen molar-refractivity contribution in [2.24, 2.45) is 0 Å². The minimum atomic E-state index is -3.45. The molecular weight excluding hydrogens is 280 g/mol. The number of para-hydroxylation sites is 1. The number of benzene rings is 1. The molecule has 2 heterocycles. The summed E-state index contributed by atoms with van der Waals surface area (Å²) in [6, 6.07) is 7.20. The second-order valence-electron chi connectivity index (χ2n) is 4.76. The second-order valence-corrected chi connectivity index (χ2v) is 7.76. The zero-order valence-electron chi connectivity index (χ0n) is 10.6. The first-order valence-corrected chi connectivity index (χ1v) is 8.31. The maximum Gasteiger partial charge on any atom is 0.220 e. The van der Waals surface area contributed by atoms with Crippen LogP contribution in [0.1, 0.15) is 13.8 Å². The molecule has 19 heavy (non-hydrogen) atoms. The average Bonchev–Trinajstić information content (AvgIpc) is 2.73. The molecule has 1 aliphatic rings. The van der Waals surface area contributed by atoms with E-state index in [1.165, 1.54) is 11.3 Å². The highest BCUT2D eigenvalue weighted by Crippen LogP contribution is 2.50. The van der Waals surface area contributed by atoms with Crippen molar-refractivity contribution >= 4 is 38.2 Å². The number of hydrogen-bond donors (Lipinski definition) is 1. The summed E-state index contributed by atoms with van der Waals surface area (Å²) in [4.78, 5) is 2.36. The third-order valence-corrected chi connectivity index (χ3v) is 6.51. The third kappa shape index (κ3) is 1.60. The molecule has 4 nitrogen and oxygen atoms in total. The zero-order valence-corrected chi connectivity index (χ0v) is 12.3. The molecule has 0 aliphatic carbocycles. The quantitative estimate of drug-likeness (QED) is 0.878. The van der Waals surface area contributed by atoms with Gasteiger partial charge in [-0.1, -0.05) is 12.1 Å². The van der Waals surface area contributed by atoms with Crippen LogP contribution in [0.5, 0.6) is 0 Å². The maximum absolute atomic E-state index is 12.6. The highest BCUT2D eigenvalue weighted by molar-refractivity contribution is 7.94. The number of sulfone groups is 1. The van der Waals surface area contributed by atoms with Gasteiger partial charge in [-0.05, 0) is 26.0 Å². The van der Waals surface area contributed by atoms with Crippen LogP contribution in [-0.4, -0.2) is 14.5 Å². The Balaban J connectivity index is 2.42. The Hall–Kier alpha value is -1.53. The van der Waals surface area contributed by atoms with Gasteiger partial charge in [0, 0.05) is 11.4 Å². The van der Waals surface area contributed by atoms with Gasteiger partial charge in [0.05, 0.1) is 22.0 Å². The van der Waals surface area contributed by atoms with Crippen molar-refractivity contribution in [3.63, 3.8) is 0 Å². The van der Waals surface area contributed by atoms with E-state index in [4.69, 9.17) is 5.73 Å². The monoisotopic (exact) mass is 294 g/mol. The van der Waals surface area contributed by atoms with Crippen LogP contribution in [0.15, 0.2) is 38.8 Å². The van der Waals surface area contributed by atoms with Gasteiger partial charge in [0.15, 0.2) is 4.21 Å². The van der Waals surface area contributed by atoms with E-state index >= 15 is 0 Å². The lowest BCUT2D eigenvalue weighted by atomic mass is 10.2. The molecule has 0 spiro atoms. The van der Waals surface area contributed by atoms with Gasteiger partial charge in [0.1, 0.15) is 0 Å². The van der Waals surface area contributed by atoms with Crippen molar-refractivity contribution in [1.29, 1.82) is 0 Å². The van der Waals surface area contributed by atoms with Gasteiger partial charge < -0.3 is 10.6 Å². The van der Waals surface area contributed by atoms with E-state index in [1.807, 2.05) is 30.9 Å². The molecule has 1 aliphatic heterocycles. The largest absolute Gasteiger partial charge is 0.396 e. The summed E-state index contributed by atoms with van der Waals surface area (Å²) < 4.78 is 25.6. The highest BCUT2D eigenvalue weighted by atomic mass is 32.2. The van der Waals surface area contributed by atoms with Crippen molar-refractivity contribution in [2.45, 2.75) is 29.0 Å². The molecule has 0 atom stereocenters. The number of fused-ring (bicyclic) bond motifs is 2. The Kier molecular flexibility index (Phi) is 2.62. The molecule has 2 N–H and O–H groups in total. The molecule has 0 saturated carbocycles. The van der Waals surface area contributed by atoms with E-state index in [0.717, 1.165) is 0 Å². The minimum Gasteiger partial charge on any atom is -0.396 e. The number of nitrogen functional groups attached to an aromatic ring is 1. The molecule has 0 fully saturated rings. The lowest BCUT2D eigenvalue weighted by Crippen LogP contribution is -2.31. The average molecular weight is 294 g/mol. The van der Waals surface area contributed by atoms with Gasteiger partial charge >= 0.3 is 0 Å². The number of nitrogens with zero attached hydrogens (tertiary/aromatic N) is 1. The number of anilines is 3. The highest BCUT2D eigenvalue weighted by Gasteiger charge is 2.37. The first kappa shape index (κ1) is 12.5. The topological polar surface area (TPSA) is 63.4 Å². The van der Waals surface area contributed by atoms with Gasteiger partial charge in [-0.3, -0.25) is 0 Å². The maximum atomic E-state index is 12.6. The number of hydrogen-bond acceptors (Lipinski definition) is 5. The van der Waals surface area contributed by atoms with Crippen LogP contribution in [0.3, 0.4) is 0 Å². The van der Waals surface area contributed by atoms with Gasteiger partial charge in [0.25, 0.3) is 0 Å². The fraction of sp³-hybridized carbons (Fsp3) is 0.231. The minimum absolute atomic E-state index is 0.132. The fourth-order valence-electron chi connectivity index (χ4n) is 2.41. The summed E-state index contributed by atoms with van der Waals surface area (Å²) in [7, 11) is -3.45. The smallest absolute Gasteiger partial charge is 0.220 e. The van der Waals surface area contributed by atoms with E-state index in [-0.39, 0.29) is 6.04 Å². The van der Waals surface area contributed by atoms with E-state index < -0.39 is 9.84 Å². The Morgan fingerprint density at radius 1 is 1.26 bits per heavy atom. The van der Waals surface area contributed by atoms with Crippen LogP contribution in [-0.2, 0) is 9.84 Å². The second kappa shape index (κ2) is 3.98. The first-order valence-electron chi connectivity index (χ1n) is 5.95. The van der Waals surface area contributed by atoms with Crippen molar-refractivity contribution in [3.05, 3.63) is 29.6 Å². The number of rotatable bonds is 1. The lowest BCUT2D eigenvalue weighted by Gasteiger charge is -2.34. The number of nitrogens with two attached hydrogens (primary N) is 1. The van der Waals surface area contributed by atoms with Gasteiger partial charge in [-0.2, -0.15) is 0 Å². The van der Waals surface area contributed by atoms with Crippen LogP contribution >= 0.6 is 11.3 Å². The Labute approximate surface area is 116 Å². The zero-order chi connectivity index (χ0) is 13.8. The van der Waals surface area contributed by atoms with Crippen LogP contribution in [0.2, 0.25) is 0 Å². The molecule has 0 bridgehead atoms. The molecular formula is C13H14N2O2S2. The molecule has 1 aromatic heterocycles. The Bertz CT molecular complexity index is 748. The van der Waals surface area contributed by atoms with Crippen molar-refractivity contribution < 1.29 is 8.42 Å². The van der Waals surface area contributed by atoms with Crippen LogP contribution in [0.25, 0.3) is 0 Å². The molecule has 0 saturated heterocycles. The summed E-state index contributed by atoms with van der Waals surface area (Å²) in [5, 5.41) is 1.70. The molecule has 6 heteroatoms. The molecule has 100 valence electrons. The van der Waals surface area contributed by atoms with Gasteiger partial charge in [-0.25, -0.2) is 8.42 Å². The Morgan fingerprint density at radius 2 is 1.95 bits per heavy atom. The summed E-state index contributed by atoms with van der Waals surface area (Å²) in [5.41, 5.74) is 7.82. The summed E-state index contributed by atoms with van der Waals surface area (Å²) in [6.45, 7) is 4.05. The Morgan fingerprint density at radius 3 is 2.63 bits per heavy atom. The predicted octanol–water partition coefficient (Wildman–Crippen LogP) is 3.02. The van der Waals surface area contributed by atoms with Crippen LogP contribution in [0.4, 0.5) is 17.1 Å². The van der Waals surface area contributed by atoms with Crippen molar-refractivity contribution in [2.75, 3.05) is 10.6 Å². The molecule has 3 rings (SSSR count). The van der Waals surface area contributed by atoms with Crippen molar-refractivity contribution in [1.82, 2.24) is 0 Å². The summed E-state index contributed by atoms with van der Waals surface area (Å²) in [6.07, 6.45) is 0. The molecule has 0 amide bonds. The first-order chi connectivity index (χ1) is 8.94. The normalized spacial score (nSPS) is 16.3. The van der Waals surface area contributed by atoms with Gasteiger partial charge in [-0.15, -0.1) is 11.3 Å². The fourth-order valence-corrected chi connectivity index (χ4v) is 5.38. The third-order valence-electron chi connectivity index (χ3n) is 3.18. The molecule has 0 unspecified atom stereocenters. The SMILES string of the molecule is CC(C)N1c2ccccc2S(=O)(=O)c2scc(N)c21.